The molecular formula is C17H27NOS. The Bertz CT molecular complexity index is 431. The Balaban J connectivity index is 1.88. The second-order valence-corrected chi connectivity index (χ2v) is 8.05. The molecule has 1 fully saturated rings. The molecule has 1 saturated heterocycles. The minimum absolute atomic E-state index is 0.375. The second kappa shape index (κ2) is 7.37. The van der Waals surface area contributed by atoms with Crippen LogP contribution in [0.25, 0.3) is 0 Å². The first-order valence-corrected chi connectivity index (χ1v) is 9.23. The average Bonchev–Trinajstić information content (AvgIpc) is 2.41. The van der Waals surface area contributed by atoms with Gasteiger partial charge < -0.3 is 5.32 Å². The monoisotopic (exact) mass is 293 g/mol. The van der Waals surface area contributed by atoms with Crippen molar-refractivity contribution in [2.75, 3.05) is 11.5 Å². The summed E-state index contributed by atoms with van der Waals surface area (Å²) in [6, 6.07) is 9.90. The first-order chi connectivity index (χ1) is 9.54. The van der Waals surface area contributed by atoms with Gasteiger partial charge in [0.05, 0.1) is 0 Å². The summed E-state index contributed by atoms with van der Waals surface area (Å²) in [5.41, 5.74) is 2.77. The average molecular weight is 293 g/mol. The minimum atomic E-state index is -0.569. The van der Waals surface area contributed by atoms with Gasteiger partial charge in [-0.2, -0.15) is 0 Å². The molecule has 1 aromatic rings. The van der Waals surface area contributed by atoms with E-state index in [9.17, 15) is 4.21 Å². The lowest BCUT2D eigenvalue weighted by molar-refractivity contribution is 0.427. The van der Waals surface area contributed by atoms with Crippen LogP contribution in [-0.4, -0.2) is 21.8 Å². The lowest BCUT2D eigenvalue weighted by Gasteiger charge is -2.26. The van der Waals surface area contributed by atoms with Crippen molar-refractivity contribution in [2.24, 2.45) is 5.92 Å². The summed E-state index contributed by atoms with van der Waals surface area (Å²) < 4.78 is 11.4. The molecule has 1 aliphatic heterocycles. The quantitative estimate of drug-likeness (QED) is 0.901. The third kappa shape index (κ3) is 4.71. The molecule has 112 valence electrons. The molecule has 3 heteroatoms. The summed E-state index contributed by atoms with van der Waals surface area (Å²) in [5, 5.41) is 3.68. The van der Waals surface area contributed by atoms with Gasteiger partial charge in [-0.15, -0.1) is 0 Å². The van der Waals surface area contributed by atoms with E-state index in [0.717, 1.165) is 30.8 Å². The van der Waals surface area contributed by atoms with Gasteiger partial charge in [-0.25, -0.2) is 0 Å². The fourth-order valence-electron chi connectivity index (χ4n) is 2.82. The lowest BCUT2D eigenvalue weighted by atomic mass is 9.99. The van der Waals surface area contributed by atoms with Crippen LogP contribution in [0.2, 0.25) is 0 Å². The molecule has 1 unspecified atom stereocenters. The predicted octanol–water partition coefficient (Wildman–Crippen LogP) is 3.45. The van der Waals surface area contributed by atoms with Crippen molar-refractivity contribution in [2.45, 2.75) is 52.1 Å². The zero-order chi connectivity index (χ0) is 14.5. The number of nitrogens with one attached hydrogen (secondary N) is 1. The number of benzene rings is 1. The van der Waals surface area contributed by atoms with E-state index in [1.54, 1.807) is 0 Å². The highest BCUT2D eigenvalue weighted by atomic mass is 32.2. The molecule has 0 aromatic heterocycles. The Morgan fingerprint density at radius 3 is 2.30 bits per heavy atom. The Hall–Kier alpha value is -0.670. The first kappa shape index (κ1) is 15.7. The molecule has 20 heavy (non-hydrogen) atoms. The molecule has 2 rings (SSSR count). The van der Waals surface area contributed by atoms with Crippen LogP contribution in [0.15, 0.2) is 24.3 Å². The zero-order valence-electron chi connectivity index (χ0n) is 12.9. The van der Waals surface area contributed by atoms with Gasteiger partial charge in [0, 0.05) is 34.4 Å². The topological polar surface area (TPSA) is 29.1 Å². The molecule has 1 aromatic carbocycles. The zero-order valence-corrected chi connectivity index (χ0v) is 13.7. The Morgan fingerprint density at radius 2 is 1.75 bits per heavy atom. The van der Waals surface area contributed by atoms with E-state index in [4.69, 9.17) is 0 Å². The number of hydrogen-bond donors (Lipinski definition) is 1. The molecule has 1 N–H and O–H groups in total. The van der Waals surface area contributed by atoms with E-state index in [0.29, 0.717) is 18.0 Å². The van der Waals surface area contributed by atoms with Gasteiger partial charge in [-0.1, -0.05) is 38.1 Å². The maximum Gasteiger partial charge on any atom is 0.0294 e. The highest BCUT2D eigenvalue weighted by Gasteiger charge is 2.19. The molecule has 2 nitrogen and oxygen atoms in total. The molecule has 0 aliphatic carbocycles. The van der Waals surface area contributed by atoms with Gasteiger partial charge in [0.1, 0.15) is 0 Å². The summed E-state index contributed by atoms with van der Waals surface area (Å²) >= 11 is 0. The molecular weight excluding hydrogens is 266 g/mol. The predicted molar refractivity (Wildman–Crippen MR) is 87.4 cm³/mol. The van der Waals surface area contributed by atoms with Crippen LogP contribution in [0.3, 0.4) is 0 Å². The molecule has 1 heterocycles. The van der Waals surface area contributed by atoms with Gasteiger partial charge >= 0.3 is 0 Å². The maximum absolute atomic E-state index is 11.4. The van der Waals surface area contributed by atoms with Crippen LogP contribution in [0.5, 0.6) is 0 Å². The van der Waals surface area contributed by atoms with Crippen molar-refractivity contribution in [3.8, 4) is 0 Å². The van der Waals surface area contributed by atoms with Crippen molar-refractivity contribution in [1.82, 2.24) is 5.32 Å². The fourth-order valence-corrected chi connectivity index (χ4v) is 4.12. The first-order valence-electron chi connectivity index (χ1n) is 7.74. The highest BCUT2D eigenvalue weighted by Crippen LogP contribution is 2.18. The Morgan fingerprint density at radius 1 is 1.15 bits per heavy atom. The van der Waals surface area contributed by atoms with Gasteiger partial charge in [-0.05, 0) is 43.2 Å². The minimum Gasteiger partial charge on any atom is -0.307 e. The van der Waals surface area contributed by atoms with E-state index in [-0.39, 0.29) is 0 Å². The molecule has 0 spiro atoms. The van der Waals surface area contributed by atoms with Crippen molar-refractivity contribution >= 4 is 10.8 Å². The third-order valence-corrected chi connectivity index (χ3v) is 5.38. The molecule has 0 amide bonds. The van der Waals surface area contributed by atoms with Crippen LogP contribution in [0.1, 0.15) is 50.8 Å². The summed E-state index contributed by atoms with van der Waals surface area (Å²) in [6.07, 6.45) is 3.24. The van der Waals surface area contributed by atoms with Crippen LogP contribution in [-0.2, 0) is 17.2 Å². The summed E-state index contributed by atoms with van der Waals surface area (Å²) in [6.45, 7) is 6.74. The summed E-state index contributed by atoms with van der Waals surface area (Å²) in [4.78, 5) is 0. The number of rotatable bonds is 5. The largest absolute Gasteiger partial charge is 0.307 e. The smallest absolute Gasteiger partial charge is 0.0294 e. The van der Waals surface area contributed by atoms with E-state index in [2.05, 4.69) is 50.4 Å². The van der Waals surface area contributed by atoms with Gasteiger partial charge in [-0.3, -0.25) is 4.21 Å². The normalized spacial score (nSPS) is 24.8. The summed E-state index contributed by atoms with van der Waals surface area (Å²) in [7, 11) is -0.569. The SMILES string of the molecule is CC(C)Cc1ccc(C(C)NC2CCS(=O)CC2)cc1. The van der Waals surface area contributed by atoms with Crippen LogP contribution < -0.4 is 5.32 Å². The van der Waals surface area contributed by atoms with Crippen molar-refractivity contribution in [3.05, 3.63) is 35.4 Å². The van der Waals surface area contributed by atoms with E-state index < -0.39 is 10.8 Å². The third-order valence-electron chi connectivity index (χ3n) is 4.00. The van der Waals surface area contributed by atoms with E-state index >= 15 is 0 Å². The Kier molecular flexibility index (Phi) is 5.79. The molecule has 0 bridgehead atoms. The van der Waals surface area contributed by atoms with Crippen LogP contribution >= 0.6 is 0 Å². The maximum atomic E-state index is 11.4. The van der Waals surface area contributed by atoms with E-state index in [1.807, 2.05) is 0 Å². The standard InChI is InChI=1S/C17H27NOS/c1-13(2)12-15-4-6-16(7-5-15)14(3)18-17-8-10-20(19)11-9-17/h4-7,13-14,17-18H,8-12H2,1-3H3. The molecule has 0 radical (unpaired) electrons. The van der Waals surface area contributed by atoms with Gasteiger partial charge in [0.2, 0.25) is 0 Å². The number of hydrogen-bond acceptors (Lipinski definition) is 2. The van der Waals surface area contributed by atoms with Gasteiger partial charge in [0.25, 0.3) is 0 Å². The molecule has 1 atom stereocenters. The van der Waals surface area contributed by atoms with Crippen molar-refractivity contribution in [1.29, 1.82) is 0 Å². The Labute approximate surface area is 125 Å². The summed E-state index contributed by atoms with van der Waals surface area (Å²) in [5.74, 6) is 2.43. The fraction of sp³-hybridized carbons (Fsp3) is 0.647. The molecule has 0 saturated carbocycles. The van der Waals surface area contributed by atoms with Crippen molar-refractivity contribution in [3.63, 3.8) is 0 Å². The highest BCUT2D eigenvalue weighted by molar-refractivity contribution is 7.85. The molecule has 1 aliphatic rings. The van der Waals surface area contributed by atoms with Crippen LogP contribution in [0, 0.1) is 5.92 Å². The van der Waals surface area contributed by atoms with E-state index in [1.165, 1.54) is 11.1 Å². The van der Waals surface area contributed by atoms with Crippen LogP contribution in [0.4, 0.5) is 0 Å². The van der Waals surface area contributed by atoms with Crippen molar-refractivity contribution < 1.29 is 4.21 Å². The second-order valence-electron chi connectivity index (χ2n) is 6.35. The lowest BCUT2D eigenvalue weighted by Crippen LogP contribution is -2.37. The van der Waals surface area contributed by atoms with Gasteiger partial charge in [0.15, 0.2) is 0 Å².